The van der Waals surface area contributed by atoms with Crippen molar-refractivity contribution >= 4 is 18.1 Å². The molecule has 0 saturated carbocycles. The number of rotatable bonds is 3. The molecule has 18 heavy (non-hydrogen) atoms. The number of aromatic nitrogens is 2. The lowest BCUT2D eigenvalue weighted by molar-refractivity contribution is 0.0695. The van der Waals surface area contributed by atoms with Crippen molar-refractivity contribution < 1.29 is 9.90 Å². The fraction of sp³-hybridized carbons (Fsp3) is 0. The zero-order valence-corrected chi connectivity index (χ0v) is 9.33. The van der Waals surface area contributed by atoms with E-state index in [4.69, 9.17) is 5.11 Å². The fourth-order valence-electron chi connectivity index (χ4n) is 1.42. The molecule has 0 fully saturated rings. The predicted molar refractivity (Wildman–Crippen MR) is 67.2 cm³/mol. The predicted octanol–water partition coefficient (Wildman–Crippen LogP) is 1.64. The average Bonchev–Trinajstić information content (AvgIpc) is 2.37. The molecule has 0 saturated heterocycles. The summed E-state index contributed by atoms with van der Waals surface area (Å²) in [7, 11) is 0. The van der Waals surface area contributed by atoms with Crippen LogP contribution in [0.2, 0.25) is 0 Å². The fourth-order valence-corrected chi connectivity index (χ4v) is 1.42. The van der Waals surface area contributed by atoms with E-state index < -0.39 is 11.5 Å². The maximum Gasteiger partial charge on any atom is 0.341 e. The van der Waals surface area contributed by atoms with Crippen molar-refractivity contribution in [2.45, 2.75) is 0 Å². The standard InChI is InChI=1S/C13H10N2O3/c16-12-11(13(17)18)6-5-10(15-12)4-3-9-2-1-7-14-8-9/h1-8H,(H,15,16)(H,17,18)/b4-3+. The van der Waals surface area contributed by atoms with Crippen LogP contribution in [0.25, 0.3) is 12.2 Å². The number of carboxylic acids is 1. The molecule has 90 valence electrons. The highest BCUT2D eigenvalue weighted by atomic mass is 16.4. The first-order chi connectivity index (χ1) is 8.66. The van der Waals surface area contributed by atoms with Crippen molar-refractivity contribution in [3.05, 3.63) is 63.8 Å². The van der Waals surface area contributed by atoms with Crippen LogP contribution in [-0.2, 0) is 0 Å². The summed E-state index contributed by atoms with van der Waals surface area (Å²) in [5.74, 6) is -1.24. The van der Waals surface area contributed by atoms with Crippen LogP contribution >= 0.6 is 0 Å². The van der Waals surface area contributed by atoms with Crippen LogP contribution in [0.15, 0.2) is 41.5 Å². The Bertz CT molecular complexity index is 645. The molecule has 0 spiro atoms. The summed E-state index contributed by atoms with van der Waals surface area (Å²) < 4.78 is 0. The zero-order valence-electron chi connectivity index (χ0n) is 9.33. The van der Waals surface area contributed by atoms with Gasteiger partial charge in [-0.05, 0) is 29.8 Å². The number of H-pyrrole nitrogens is 1. The number of aromatic amines is 1. The van der Waals surface area contributed by atoms with Crippen molar-refractivity contribution in [2.75, 3.05) is 0 Å². The van der Waals surface area contributed by atoms with Gasteiger partial charge >= 0.3 is 5.97 Å². The Morgan fingerprint density at radius 3 is 2.72 bits per heavy atom. The van der Waals surface area contributed by atoms with Crippen LogP contribution in [0, 0.1) is 0 Å². The molecule has 0 aliphatic carbocycles. The van der Waals surface area contributed by atoms with Gasteiger partial charge in [0, 0.05) is 18.1 Å². The lowest BCUT2D eigenvalue weighted by Gasteiger charge is -1.96. The van der Waals surface area contributed by atoms with Crippen molar-refractivity contribution in [1.82, 2.24) is 9.97 Å². The van der Waals surface area contributed by atoms with Crippen molar-refractivity contribution in [3.8, 4) is 0 Å². The number of hydrogen-bond acceptors (Lipinski definition) is 3. The molecule has 0 bridgehead atoms. The Hall–Kier alpha value is -2.69. The first-order valence-corrected chi connectivity index (χ1v) is 5.21. The van der Waals surface area contributed by atoms with E-state index in [1.165, 1.54) is 12.1 Å². The molecule has 2 N–H and O–H groups in total. The number of pyridine rings is 2. The van der Waals surface area contributed by atoms with E-state index in [0.717, 1.165) is 5.56 Å². The normalized spacial score (nSPS) is 10.7. The molecule has 5 heteroatoms. The Kier molecular flexibility index (Phi) is 3.33. The van der Waals surface area contributed by atoms with E-state index in [2.05, 4.69) is 9.97 Å². The third-order valence-corrected chi connectivity index (χ3v) is 2.30. The number of aromatic carboxylic acids is 1. The molecular formula is C13H10N2O3. The molecule has 5 nitrogen and oxygen atoms in total. The summed E-state index contributed by atoms with van der Waals surface area (Å²) in [5.41, 5.74) is 0.541. The summed E-state index contributed by atoms with van der Waals surface area (Å²) in [6, 6.07) is 6.49. The summed E-state index contributed by atoms with van der Waals surface area (Å²) in [5, 5.41) is 8.72. The van der Waals surface area contributed by atoms with Gasteiger partial charge in [-0.15, -0.1) is 0 Å². The Balaban J connectivity index is 2.26. The molecule has 2 aromatic heterocycles. The topological polar surface area (TPSA) is 83.0 Å². The molecule has 2 aromatic rings. The van der Waals surface area contributed by atoms with E-state index in [1.807, 2.05) is 6.07 Å². The number of carboxylic acid groups (broad SMARTS) is 1. The lowest BCUT2D eigenvalue weighted by Crippen LogP contribution is -2.17. The highest BCUT2D eigenvalue weighted by Gasteiger charge is 2.07. The molecule has 0 aliphatic rings. The number of nitrogens with zero attached hydrogens (tertiary/aromatic N) is 1. The lowest BCUT2D eigenvalue weighted by atomic mass is 10.2. The van der Waals surface area contributed by atoms with Gasteiger partial charge in [-0.25, -0.2) is 4.79 Å². The monoisotopic (exact) mass is 242 g/mol. The third-order valence-electron chi connectivity index (χ3n) is 2.30. The van der Waals surface area contributed by atoms with E-state index in [0.29, 0.717) is 5.69 Å². The van der Waals surface area contributed by atoms with Crippen LogP contribution < -0.4 is 5.56 Å². The van der Waals surface area contributed by atoms with E-state index >= 15 is 0 Å². The SMILES string of the molecule is O=C(O)c1ccc(/C=C/c2cccnc2)[nH]c1=O. The molecule has 0 atom stereocenters. The van der Waals surface area contributed by atoms with Crippen LogP contribution in [0.5, 0.6) is 0 Å². The van der Waals surface area contributed by atoms with Gasteiger partial charge in [-0.3, -0.25) is 9.78 Å². The summed E-state index contributed by atoms with van der Waals surface area (Å²) >= 11 is 0. The average molecular weight is 242 g/mol. The molecule has 0 aliphatic heterocycles. The maximum absolute atomic E-state index is 11.4. The first kappa shape index (κ1) is 11.8. The molecule has 0 radical (unpaired) electrons. The van der Waals surface area contributed by atoms with Gasteiger partial charge in [0.2, 0.25) is 0 Å². The maximum atomic E-state index is 11.4. The van der Waals surface area contributed by atoms with Crippen LogP contribution in [0.1, 0.15) is 21.6 Å². The van der Waals surface area contributed by atoms with E-state index in [9.17, 15) is 9.59 Å². The Morgan fingerprint density at radius 1 is 1.28 bits per heavy atom. The Morgan fingerprint density at radius 2 is 2.11 bits per heavy atom. The van der Waals surface area contributed by atoms with Crippen LogP contribution in [-0.4, -0.2) is 21.0 Å². The summed E-state index contributed by atoms with van der Waals surface area (Å²) in [6.45, 7) is 0. The van der Waals surface area contributed by atoms with Gasteiger partial charge in [0.25, 0.3) is 5.56 Å². The van der Waals surface area contributed by atoms with E-state index in [-0.39, 0.29) is 5.56 Å². The minimum atomic E-state index is -1.24. The quantitative estimate of drug-likeness (QED) is 0.857. The van der Waals surface area contributed by atoms with Gasteiger partial charge in [0.15, 0.2) is 0 Å². The van der Waals surface area contributed by atoms with Gasteiger partial charge < -0.3 is 10.1 Å². The number of hydrogen-bond donors (Lipinski definition) is 2. The number of carbonyl (C=O) groups is 1. The van der Waals surface area contributed by atoms with Crippen LogP contribution in [0.3, 0.4) is 0 Å². The molecule has 2 rings (SSSR count). The van der Waals surface area contributed by atoms with Crippen molar-refractivity contribution in [1.29, 1.82) is 0 Å². The van der Waals surface area contributed by atoms with Gasteiger partial charge in [0.05, 0.1) is 0 Å². The molecule has 0 unspecified atom stereocenters. The van der Waals surface area contributed by atoms with Crippen molar-refractivity contribution in [3.63, 3.8) is 0 Å². The Labute approximate surface area is 102 Å². The highest BCUT2D eigenvalue weighted by Crippen LogP contribution is 2.04. The van der Waals surface area contributed by atoms with Crippen LogP contribution in [0.4, 0.5) is 0 Å². The molecule has 2 heterocycles. The minimum Gasteiger partial charge on any atom is -0.477 e. The third kappa shape index (κ3) is 2.70. The summed E-state index contributed by atoms with van der Waals surface area (Å²) in [6.07, 6.45) is 6.81. The smallest absolute Gasteiger partial charge is 0.341 e. The summed E-state index contributed by atoms with van der Waals surface area (Å²) in [4.78, 5) is 28.5. The molecule has 0 amide bonds. The second-order valence-electron chi connectivity index (χ2n) is 3.58. The molecular weight excluding hydrogens is 232 g/mol. The molecule has 0 aromatic carbocycles. The highest BCUT2D eigenvalue weighted by molar-refractivity contribution is 5.87. The minimum absolute atomic E-state index is 0.270. The zero-order chi connectivity index (χ0) is 13.0. The van der Waals surface area contributed by atoms with E-state index in [1.54, 1.807) is 30.6 Å². The van der Waals surface area contributed by atoms with Crippen molar-refractivity contribution in [2.24, 2.45) is 0 Å². The second-order valence-corrected chi connectivity index (χ2v) is 3.58. The second kappa shape index (κ2) is 5.09. The largest absolute Gasteiger partial charge is 0.477 e. The van der Waals surface area contributed by atoms with Gasteiger partial charge in [-0.1, -0.05) is 12.1 Å². The van der Waals surface area contributed by atoms with Gasteiger partial charge in [-0.2, -0.15) is 0 Å². The van der Waals surface area contributed by atoms with Gasteiger partial charge in [0.1, 0.15) is 5.56 Å². The number of nitrogens with one attached hydrogen (secondary N) is 1. The first-order valence-electron chi connectivity index (χ1n) is 5.21.